The summed E-state index contributed by atoms with van der Waals surface area (Å²) >= 11 is 0. The number of carbonyl (C=O) groups excluding carboxylic acids is 1. The van der Waals surface area contributed by atoms with E-state index in [-0.39, 0.29) is 0 Å². The Morgan fingerprint density at radius 2 is 1.67 bits per heavy atom. The largest absolute Gasteiger partial charge is 0.342 e. The summed E-state index contributed by atoms with van der Waals surface area (Å²) in [4.78, 5) is 16.8. The monoisotopic (exact) mass is 252 g/mol. The second kappa shape index (κ2) is 7.13. The van der Waals surface area contributed by atoms with Crippen LogP contribution in [0.4, 0.5) is 0 Å². The molecule has 0 spiro atoms. The molecule has 1 aliphatic heterocycles. The number of rotatable bonds is 4. The Hall–Kier alpha value is -0.570. The topological polar surface area (TPSA) is 23.6 Å². The van der Waals surface area contributed by atoms with E-state index in [9.17, 15) is 4.79 Å². The Bertz CT molecular complexity index is 255. The van der Waals surface area contributed by atoms with Gasteiger partial charge >= 0.3 is 0 Å². The van der Waals surface area contributed by atoms with Crippen molar-refractivity contribution >= 4 is 5.91 Å². The molecule has 0 radical (unpaired) electrons. The van der Waals surface area contributed by atoms with E-state index in [0.29, 0.717) is 18.5 Å². The highest BCUT2D eigenvalue weighted by Crippen LogP contribution is 2.22. The molecular formula is C15H28N2O. The number of likely N-dealkylation sites (N-methyl/N-ethyl adjacent to an activating group) is 1. The number of piperidine rings is 1. The standard InChI is InChI=1S/C15H28N2O/c1-2-16(14-9-5-3-6-10-14)13-15(18)17-11-7-4-8-12-17/h14H,2-13H2,1H3. The molecule has 1 saturated heterocycles. The lowest BCUT2D eigenvalue weighted by atomic mass is 9.94. The minimum absolute atomic E-state index is 0.363. The molecule has 1 aliphatic carbocycles. The number of amides is 1. The van der Waals surface area contributed by atoms with Crippen LogP contribution in [-0.2, 0) is 4.79 Å². The summed E-state index contributed by atoms with van der Waals surface area (Å²) in [7, 11) is 0. The van der Waals surface area contributed by atoms with E-state index in [1.54, 1.807) is 0 Å². The maximum absolute atomic E-state index is 12.3. The van der Waals surface area contributed by atoms with Gasteiger partial charge in [0.05, 0.1) is 6.54 Å². The van der Waals surface area contributed by atoms with Crippen LogP contribution in [0.5, 0.6) is 0 Å². The van der Waals surface area contributed by atoms with E-state index in [1.807, 2.05) is 0 Å². The van der Waals surface area contributed by atoms with Gasteiger partial charge in [0, 0.05) is 19.1 Å². The first kappa shape index (κ1) is 13.9. The zero-order valence-corrected chi connectivity index (χ0v) is 11.9. The summed E-state index contributed by atoms with van der Waals surface area (Å²) in [5, 5.41) is 0. The molecule has 0 atom stereocenters. The van der Waals surface area contributed by atoms with Gasteiger partial charge in [-0.25, -0.2) is 0 Å². The third-order valence-electron chi connectivity index (χ3n) is 4.54. The first-order valence-electron chi connectivity index (χ1n) is 7.83. The number of hydrogen-bond acceptors (Lipinski definition) is 2. The first-order valence-corrected chi connectivity index (χ1v) is 7.83. The fourth-order valence-electron chi connectivity index (χ4n) is 3.36. The van der Waals surface area contributed by atoms with Crippen molar-refractivity contribution in [3.63, 3.8) is 0 Å². The van der Waals surface area contributed by atoms with Crippen LogP contribution >= 0.6 is 0 Å². The Morgan fingerprint density at radius 3 is 2.28 bits per heavy atom. The second-order valence-electron chi connectivity index (χ2n) is 5.80. The lowest BCUT2D eigenvalue weighted by molar-refractivity contribution is -0.134. The average Bonchev–Trinajstić information content (AvgIpc) is 2.46. The van der Waals surface area contributed by atoms with Crippen molar-refractivity contribution in [1.29, 1.82) is 0 Å². The smallest absolute Gasteiger partial charge is 0.236 e. The predicted molar refractivity (Wildman–Crippen MR) is 74.6 cm³/mol. The minimum atomic E-state index is 0.363. The van der Waals surface area contributed by atoms with Crippen LogP contribution in [0.25, 0.3) is 0 Å². The molecule has 2 fully saturated rings. The van der Waals surface area contributed by atoms with Crippen LogP contribution in [0, 0.1) is 0 Å². The zero-order valence-electron chi connectivity index (χ0n) is 11.9. The van der Waals surface area contributed by atoms with Gasteiger partial charge in [0.25, 0.3) is 0 Å². The lowest BCUT2D eigenvalue weighted by Gasteiger charge is -2.35. The molecule has 0 aromatic heterocycles. The lowest BCUT2D eigenvalue weighted by Crippen LogP contribution is -2.46. The van der Waals surface area contributed by atoms with Crippen molar-refractivity contribution in [3.05, 3.63) is 0 Å². The van der Waals surface area contributed by atoms with Crippen LogP contribution in [0.2, 0.25) is 0 Å². The highest BCUT2D eigenvalue weighted by Gasteiger charge is 2.24. The van der Waals surface area contributed by atoms with Crippen LogP contribution in [0.3, 0.4) is 0 Å². The van der Waals surface area contributed by atoms with Crippen molar-refractivity contribution in [3.8, 4) is 0 Å². The molecule has 1 amide bonds. The molecule has 1 heterocycles. The number of nitrogens with zero attached hydrogens (tertiary/aromatic N) is 2. The highest BCUT2D eigenvalue weighted by atomic mass is 16.2. The van der Waals surface area contributed by atoms with E-state index in [4.69, 9.17) is 0 Å². The normalized spacial score (nSPS) is 22.4. The van der Waals surface area contributed by atoms with Gasteiger partial charge < -0.3 is 4.90 Å². The van der Waals surface area contributed by atoms with E-state index in [0.717, 1.165) is 19.6 Å². The molecule has 104 valence electrons. The third kappa shape index (κ3) is 3.71. The fraction of sp³-hybridized carbons (Fsp3) is 0.933. The van der Waals surface area contributed by atoms with Gasteiger partial charge in [-0.3, -0.25) is 9.69 Å². The van der Waals surface area contributed by atoms with Crippen molar-refractivity contribution in [2.45, 2.75) is 64.3 Å². The number of likely N-dealkylation sites (tertiary alicyclic amines) is 1. The summed E-state index contributed by atoms with van der Waals surface area (Å²) in [6, 6.07) is 0.664. The third-order valence-corrected chi connectivity index (χ3v) is 4.54. The van der Waals surface area contributed by atoms with Crippen LogP contribution in [0.1, 0.15) is 58.3 Å². The molecule has 2 rings (SSSR count). The van der Waals surface area contributed by atoms with Gasteiger partial charge in [-0.2, -0.15) is 0 Å². The van der Waals surface area contributed by atoms with Gasteiger partial charge in [0.1, 0.15) is 0 Å². The fourth-order valence-corrected chi connectivity index (χ4v) is 3.36. The summed E-state index contributed by atoms with van der Waals surface area (Å²) in [6.07, 6.45) is 10.3. The minimum Gasteiger partial charge on any atom is -0.342 e. The SMILES string of the molecule is CCN(CC(=O)N1CCCCC1)C1CCCCC1. The van der Waals surface area contributed by atoms with Gasteiger partial charge in [0.2, 0.25) is 5.91 Å². The van der Waals surface area contributed by atoms with Crippen molar-refractivity contribution < 1.29 is 4.79 Å². The van der Waals surface area contributed by atoms with Gasteiger partial charge in [0.15, 0.2) is 0 Å². The van der Waals surface area contributed by atoms with Gasteiger partial charge in [-0.1, -0.05) is 26.2 Å². The predicted octanol–water partition coefficient (Wildman–Crippen LogP) is 2.65. The maximum atomic E-state index is 12.3. The summed E-state index contributed by atoms with van der Waals surface area (Å²) < 4.78 is 0. The van der Waals surface area contributed by atoms with Crippen LogP contribution in [-0.4, -0.2) is 47.9 Å². The summed E-state index contributed by atoms with van der Waals surface area (Å²) in [5.74, 6) is 0.363. The summed E-state index contributed by atoms with van der Waals surface area (Å²) in [5.41, 5.74) is 0. The quantitative estimate of drug-likeness (QED) is 0.768. The highest BCUT2D eigenvalue weighted by molar-refractivity contribution is 5.78. The van der Waals surface area contributed by atoms with E-state index in [2.05, 4.69) is 16.7 Å². The molecule has 1 saturated carbocycles. The second-order valence-corrected chi connectivity index (χ2v) is 5.80. The van der Waals surface area contributed by atoms with E-state index in [1.165, 1.54) is 51.4 Å². The van der Waals surface area contributed by atoms with Gasteiger partial charge in [-0.05, 0) is 38.6 Å². The summed E-state index contributed by atoms with van der Waals surface area (Å²) in [6.45, 7) is 5.84. The molecule has 18 heavy (non-hydrogen) atoms. The van der Waals surface area contributed by atoms with Crippen molar-refractivity contribution in [1.82, 2.24) is 9.80 Å². The van der Waals surface area contributed by atoms with Crippen LogP contribution < -0.4 is 0 Å². The van der Waals surface area contributed by atoms with Crippen LogP contribution in [0.15, 0.2) is 0 Å². The Kier molecular flexibility index (Phi) is 5.48. The molecule has 0 aromatic rings. The Balaban J connectivity index is 1.82. The maximum Gasteiger partial charge on any atom is 0.236 e. The molecule has 0 N–H and O–H groups in total. The Morgan fingerprint density at radius 1 is 1.06 bits per heavy atom. The first-order chi connectivity index (χ1) is 8.81. The van der Waals surface area contributed by atoms with E-state index >= 15 is 0 Å². The van der Waals surface area contributed by atoms with Crippen molar-refractivity contribution in [2.75, 3.05) is 26.2 Å². The molecule has 3 heteroatoms. The molecule has 0 bridgehead atoms. The van der Waals surface area contributed by atoms with Gasteiger partial charge in [-0.15, -0.1) is 0 Å². The zero-order chi connectivity index (χ0) is 12.8. The molecule has 2 aliphatic rings. The molecule has 3 nitrogen and oxygen atoms in total. The Labute approximate surface area is 112 Å². The van der Waals surface area contributed by atoms with E-state index < -0.39 is 0 Å². The number of carbonyl (C=O) groups is 1. The molecular weight excluding hydrogens is 224 g/mol. The average molecular weight is 252 g/mol. The molecule has 0 aromatic carbocycles. The van der Waals surface area contributed by atoms with Crippen molar-refractivity contribution in [2.24, 2.45) is 0 Å². The number of hydrogen-bond donors (Lipinski definition) is 0. The molecule has 0 unspecified atom stereocenters.